The van der Waals surface area contributed by atoms with Crippen LogP contribution in [0.3, 0.4) is 0 Å². The van der Waals surface area contributed by atoms with Gasteiger partial charge in [0.25, 0.3) is 5.91 Å². The van der Waals surface area contributed by atoms with Crippen LogP contribution in [0.25, 0.3) is 28.3 Å². The van der Waals surface area contributed by atoms with Crippen molar-refractivity contribution in [1.29, 1.82) is 0 Å². The number of aromatic nitrogens is 1. The quantitative estimate of drug-likeness (QED) is 0.147. The first-order valence-corrected chi connectivity index (χ1v) is 14.8. The van der Waals surface area contributed by atoms with Gasteiger partial charge in [0, 0.05) is 48.2 Å². The fraction of sp³-hybridized carbons (Fsp3) is 0.250. The van der Waals surface area contributed by atoms with E-state index in [0.29, 0.717) is 39.2 Å². The number of nitrogens with one attached hydrogen (secondary N) is 1. The molecule has 4 rings (SSSR count). The first-order chi connectivity index (χ1) is 22.0. The van der Waals surface area contributed by atoms with E-state index in [1.54, 1.807) is 42.5 Å². The predicted molar refractivity (Wildman–Crippen MR) is 170 cm³/mol. The Balaban J connectivity index is 0.00000600. The van der Waals surface area contributed by atoms with E-state index in [1.807, 2.05) is 48.7 Å². The number of carboxylic acids is 1. The minimum atomic E-state index is -1.43. The van der Waals surface area contributed by atoms with Crippen molar-refractivity contribution >= 4 is 23.9 Å². The number of aliphatic carboxylic acids is 1. The van der Waals surface area contributed by atoms with Crippen molar-refractivity contribution in [2.45, 2.75) is 51.5 Å². The number of carbonyl (C=O) groups is 3. The Kier molecular flexibility index (Phi) is 13.7. The number of carboxylic acid groups (broad SMARTS) is 1. The van der Waals surface area contributed by atoms with E-state index in [9.17, 15) is 34.1 Å². The van der Waals surface area contributed by atoms with Gasteiger partial charge < -0.3 is 34.7 Å². The molecule has 2 atom stereocenters. The van der Waals surface area contributed by atoms with Crippen molar-refractivity contribution in [3.8, 4) is 22.3 Å². The normalized spacial score (nSPS) is 12.4. The van der Waals surface area contributed by atoms with E-state index >= 15 is 0 Å². The number of hydrogen-bond acceptors (Lipinski definition) is 7. The van der Waals surface area contributed by atoms with Crippen molar-refractivity contribution < 1.29 is 68.4 Å². The Hall–Kier alpha value is -4.06. The monoisotopic (exact) mass is 650 g/mol. The van der Waals surface area contributed by atoms with Crippen LogP contribution in [0.4, 0.5) is 4.39 Å². The summed E-state index contributed by atoms with van der Waals surface area (Å²) in [5.41, 5.74) is 4.40. The summed E-state index contributed by atoms with van der Waals surface area (Å²) in [6.45, 7) is 3.90. The Labute approximate surface area is 295 Å². The fourth-order valence-electron chi connectivity index (χ4n) is 5.35. The number of nitrogens with zero attached hydrogens (tertiary/aromatic N) is 1. The number of aliphatic hydroxyl groups is 2. The molecular weight excluding hydrogens is 614 g/mol. The summed E-state index contributed by atoms with van der Waals surface area (Å²) in [7, 11) is 1.29. The zero-order valence-electron chi connectivity index (χ0n) is 26.8. The molecule has 0 aliphatic heterocycles. The smallest absolute Gasteiger partial charge is 0.550 e. The maximum atomic E-state index is 14.2. The molecule has 0 aliphatic rings. The molecule has 4 aromatic rings. The van der Waals surface area contributed by atoms with Crippen molar-refractivity contribution in [2.24, 2.45) is 0 Å². The average Bonchev–Trinajstić information content (AvgIpc) is 3.38. The fourth-order valence-corrected chi connectivity index (χ4v) is 5.35. The van der Waals surface area contributed by atoms with Gasteiger partial charge in [-0.15, -0.1) is 0 Å². The molecule has 1 aromatic heterocycles. The average molecular weight is 651 g/mol. The second kappa shape index (κ2) is 17.2. The minimum absolute atomic E-state index is 0. The van der Waals surface area contributed by atoms with Gasteiger partial charge in [-0.1, -0.05) is 60.7 Å². The van der Waals surface area contributed by atoms with Gasteiger partial charge in [0.1, 0.15) is 11.5 Å². The van der Waals surface area contributed by atoms with E-state index in [0.717, 1.165) is 5.56 Å². The molecule has 0 saturated carbocycles. The van der Waals surface area contributed by atoms with E-state index in [4.69, 9.17) is 4.74 Å². The Morgan fingerprint density at radius 1 is 0.957 bits per heavy atom. The number of rotatable bonds is 13. The molecule has 47 heavy (non-hydrogen) atoms. The van der Waals surface area contributed by atoms with Crippen LogP contribution in [0.5, 0.6) is 0 Å². The number of halogens is 1. The maximum absolute atomic E-state index is 14.2. The first kappa shape index (κ1) is 37.4. The zero-order valence-corrected chi connectivity index (χ0v) is 28.8. The number of amides is 1. The minimum Gasteiger partial charge on any atom is -0.550 e. The number of esters is 1. The van der Waals surface area contributed by atoms with Gasteiger partial charge in [-0.3, -0.25) is 4.79 Å². The molecule has 0 spiro atoms. The third-order valence-corrected chi connectivity index (χ3v) is 7.36. The number of methoxy groups -OCH3 is 1. The third kappa shape index (κ3) is 9.50. The molecule has 0 aliphatic carbocycles. The largest absolute Gasteiger partial charge is 1.00 e. The summed E-state index contributed by atoms with van der Waals surface area (Å²) in [5.74, 6) is -2.78. The number of ether oxygens (including phenoxy) is 1. The third-order valence-electron chi connectivity index (χ3n) is 7.36. The molecule has 0 bridgehead atoms. The van der Waals surface area contributed by atoms with Crippen LogP contribution < -0.4 is 40.0 Å². The summed E-state index contributed by atoms with van der Waals surface area (Å²) in [5, 5.41) is 34.6. The van der Waals surface area contributed by atoms with Crippen LogP contribution >= 0.6 is 0 Å². The van der Waals surface area contributed by atoms with Gasteiger partial charge in [0.05, 0.1) is 24.9 Å². The molecule has 240 valence electrons. The van der Waals surface area contributed by atoms with Gasteiger partial charge in [0.2, 0.25) is 0 Å². The summed E-state index contributed by atoms with van der Waals surface area (Å²) >= 11 is 0. The van der Waals surface area contributed by atoms with Gasteiger partial charge >= 0.3 is 35.5 Å². The number of hydrogen-bond donors (Lipinski definition) is 3. The Morgan fingerprint density at radius 3 is 2.23 bits per heavy atom. The molecule has 3 aromatic carbocycles. The van der Waals surface area contributed by atoms with Gasteiger partial charge in [-0.05, 0) is 60.9 Å². The molecule has 0 saturated heterocycles. The topological polar surface area (TPSA) is 141 Å². The first-order valence-electron chi connectivity index (χ1n) is 14.8. The number of carbonyl (C=O) groups excluding carboxylic acids is 3. The SMILES string of the molecule is COC(=O)c1cccc(CNC(=O)c2c(-c3ccccc3)c(-c3ccc(F)cc3)c(/C=C/[C@@H](O)C[C@@H](O)CC(=O)[O-])n2C(C)C)c1.[Na+]. The van der Waals surface area contributed by atoms with Gasteiger partial charge in [-0.2, -0.15) is 0 Å². The standard InChI is InChI=1S/C36H37FN2O7.Na/c1-22(2)39-30(17-16-28(40)19-29(41)20-31(42)43)32(25-12-14-27(37)15-13-25)33(24-9-5-4-6-10-24)34(39)35(44)38-21-23-8-7-11-26(18-23)36(45)46-3;/h4-18,22,28-29,40-41H,19-21H2,1-3H3,(H,38,44)(H,42,43);/q;+1/p-1/b17-16+;/t28-,29-;/m1./s1. The summed E-state index contributed by atoms with van der Waals surface area (Å²) in [6, 6.07) is 21.6. The predicted octanol–water partition coefficient (Wildman–Crippen LogP) is 1.53. The molecule has 1 heterocycles. The maximum Gasteiger partial charge on any atom is 1.00 e. The van der Waals surface area contributed by atoms with Crippen LogP contribution in [0.1, 0.15) is 64.8 Å². The van der Waals surface area contributed by atoms with E-state index < -0.39 is 42.3 Å². The Bertz CT molecular complexity index is 1720. The summed E-state index contributed by atoms with van der Waals surface area (Å²) in [6.07, 6.45) is -0.365. The van der Waals surface area contributed by atoms with E-state index in [-0.39, 0.29) is 48.6 Å². The Morgan fingerprint density at radius 2 is 1.62 bits per heavy atom. The van der Waals surface area contributed by atoms with Crippen LogP contribution in [0.15, 0.2) is 84.9 Å². The van der Waals surface area contributed by atoms with E-state index in [1.165, 1.54) is 25.3 Å². The van der Waals surface area contributed by atoms with Crippen molar-refractivity contribution in [3.63, 3.8) is 0 Å². The van der Waals surface area contributed by atoms with Crippen molar-refractivity contribution in [1.82, 2.24) is 9.88 Å². The second-order valence-electron chi connectivity index (χ2n) is 11.1. The molecule has 9 nitrogen and oxygen atoms in total. The molecule has 0 unspecified atom stereocenters. The van der Waals surface area contributed by atoms with Crippen molar-refractivity contribution in [2.75, 3.05) is 7.11 Å². The molecule has 11 heteroatoms. The molecular formula is C36H36FN2NaO7. The van der Waals surface area contributed by atoms with Crippen LogP contribution in [-0.4, -0.2) is 51.9 Å². The molecule has 3 N–H and O–H groups in total. The molecule has 1 amide bonds. The van der Waals surface area contributed by atoms with Crippen LogP contribution in [0, 0.1) is 5.82 Å². The number of aliphatic hydroxyl groups excluding tert-OH is 2. The van der Waals surface area contributed by atoms with Crippen molar-refractivity contribution in [3.05, 3.63) is 113 Å². The zero-order chi connectivity index (χ0) is 33.4. The second-order valence-corrected chi connectivity index (χ2v) is 11.1. The van der Waals surface area contributed by atoms with E-state index in [2.05, 4.69) is 5.32 Å². The van der Waals surface area contributed by atoms with Crippen LogP contribution in [-0.2, 0) is 16.1 Å². The van der Waals surface area contributed by atoms with Gasteiger partial charge in [0.15, 0.2) is 0 Å². The molecule has 0 radical (unpaired) electrons. The number of benzene rings is 3. The van der Waals surface area contributed by atoms with Gasteiger partial charge in [-0.25, -0.2) is 9.18 Å². The summed E-state index contributed by atoms with van der Waals surface area (Å²) < 4.78 is 20.7. The van der Waals surface area contributed by atoms with Crippen LogP contribution in [0.2, 0.25) is 0 Å². The molecule has 0 fully saturated rings. The summed E-state index contributed by atoms with van der Waals surface area (Å²) in [4.78, 5) is 37.2.